The standard InChI is InChI=1S/C3H10N2O7P2/c1-4-2(6)5-3(13(7,8)9)14(10,11)12/h3H,1H3,(H2,4,5,6)(H2,7,8,9)(H2,10,11,12). The van der Waals surface area contributed by atoms with E-state index >= 15 is 0 Å². The molecule has 11 heteroatoms. The summed E-state index contributed by atoms with van der Waals surface area (Å²) in [5.41, 5.74) is -2.52. The highest BCUT2D eigenvalue weighted by molar-refractivity contribution is 7.70. The van der Waals surface area contributed by atoms with Gasteiger partial charge in [0.05, 0.1) is 0 Å². The number of carbonyl (C=O) groups excluding carboxylic acids is 1. The van der Waals surface area contributed by atoms with Crippen molar-refractivity contribution in [1.82, 2.24) is 10.6 Å². The van der Waals surface area contributed by atoms with Gasteiger partial charge in [0.15, 0.2) is 0 Å². The predicted octanol–water partition coefficient (Wildman–Crippen LogP) is -1.45. The summed E-state index contributed by atoms with van der Waals surface area (Å²) in [5.74, 6) is 0. The lowest BCUT2D eigenvalue weighted by Gasteiger charge is -2.20. The van der Waals surface area contributed by atoms with Crippen molar-refractivity contribution < 1.29 is 33.5 Å². The maximum Gasteiger partial charge on any atom is 0.360 e. The Bertz CT molecular complexity index is 282. The molecule has 0 bridgehead atoms. The van der Waals surface area contributed by atoms with E-state index in [9.17, 15) is 13.9 Å². The van der Waals surface area contributed by atoms with Crippen molar-refractivity contribution in [1.29, 1.82) is 0 Å². The molecular weight excluding hydrogens is 238 g/mol. The van der Waals surface area contributed by atoms with Crippen molar-refractivity contribution in [3.05, 3.63) is 0 Å². The van der Waals surface area contributed by atoms with E-state index in [0.717, 1.165) is 7.05 Å². The highest BCUT2D eigenvalue weighted by Crippen LogP contribution is 2.58. The van der Waals surface area contributed by atoms with Gasteiger partial charge in [-0.05, 0) is 0 Å². The van der Waals surface area contributed by atoms with Gasteiger partial charge in [-0.2, -0.15) is 0 Å². The van der Waals surface area contributed by atoms with Crippen molar-refractivity contribution in [3.8, 4) is 0 Å². The molecule has 2 amide bonds. The molecule has 0 aromatic rings. The first kappa shape index (κ1) is 13.6. The SMILES string of the molecule is CNC(=O)NC(P(=O)(O)O)P(=O)(O)O. The highest BCUT2D eigenvalue weighted by Gasteiger charge is 2.44. The van der Waals surface area contributed by atoms with Crippen LogP contribution in [0, 0.1) is 0 Å². The number of hydrogen-bond acceptors (Lipinski definition) is 3. The second-order valence-electron chi connectivity index (χ2n) is 2.28. The monoisotopic (exact) mass is 248 g/mol. The van der Waals surface area contributed by atoms with Gasteiger partial charge >= 0.3 is 21.2 Å². The minimum Gasteiger partial charge on any atom is -0.341 e. The summed E-state index contributed by atoms with van der Waals surface area (Å²) < 4.78 is 21.2. The van der Waals surface area contributed by atoms with E-state index in [4.69, 9.17) is 19.6 Å². The molecule has 9 nitrogen and oxygen atoms in total. The molecule has 0 aromatic heterocycles. The van der Waals surface area contributed by atoms with Crippen LogP contribution in [0.2, 0.25) is 0 Å². The Labute approximate surface area is 78.8 Å². The van der Waals surface area contributed by atoms with Crippen LogP contribution in [0.3, 0.4) is 0 Å². The molecule has 0 rings (SSSR count). The molecule has 14 heavy (non-hydrogen) atoms. The van der Waals surface area contributed by atoms with Crippen LogP contribution in [0.5, 0.6) is 0 Å². The topological polar surface area (TPSA) is 156 Å². The lowest BCUT2D eigenvalue weighted by atomic mass is 10.9. The molecule has 0 fully saturated rings. The molecule has 0 aliphatic carbocycles. The molecule has 0 atom stereocenters. The second kappa shape index (κ2) is 4.39. The first-order chi connectivity index (χ1) is 6.09. The predicted molar refractivity (Wildman–Crippen MR) is 45.5 cm³/mol. The summed E-state index contributed by atoms with van der Waals surface area (Å²) in [5, 5.41) is 3.37. The average Bonchev–Trinajstić information content (AvgIpc) is 1.95. The number of amides is 2. The van der Waals surface area contributed by atoms with Crippen LogP contribution in [-0.4, -0.2) is 38.2 Å². The number of rotatable bonds is 3. The summed E-state index contributed by atoms with van der Waals surface area (Å²) >= 11 is 0. The van der Waals surface area contributed by atoms with Crippen LogP contribution in [0.1, 0.15) is 0 Å². The molecule has 0 heterocycles. The van der Waals surface area contributed by atoms with E-state index in [-0.39, 0.29) is 0 Å². The smallest absolute Gasteiger partial charge is 0.341 e. The Morgan fingerprint density at radius 2 is 1.50 bits per heavy atom. The van der Waals surface area contributed by atoms with Gasteiger partial charge in [0.1, 0.15) is 0 Å². The average molecular weight is 248 g/mol. The first-order valence-corrected chi connectivity index (χ1v) is 6.54. The third-order valence-corrected chi connectivity index (χ3v) is 4.46. The Hall–Kier alpha value is -0.430. The number of urea groups is 1. The zero-order valence-corrected chi connectivity index (χ0v) is 8.77. The number of nitrogens with one attached hydrogen (secondary N) is 2. The number of hydrogen-bond donors (Lipinski definition) is 6. The Morgan fingerprint density at radius 3 is 1.71 bits per heavy atom. The van der Waals surface area contributed by atoms with E-state index < -0.39 is 26.7 Å². The van der Waals surface area contributed by atoms with Crippen molar-refractivity contribution in [2.24, 2.45) is 0 Å². The fraction of sp³-hybridized carbons (Fsp3) is 0.667. The van der Waals surface area contributed by atoms with Gasteiger partial charge in [-0.3, -0.25) is 9.13 Å². The van der Waals surface area contributed by atoms with Crippen LogP contribution in [-0.2, 0) is 9.13 Å². The molecule has 0 saturated carbocycles. The van der Waals surface area contributed by atoms with Crippen molar-refractivity contribution in [2.45, 2.75) is 5.52 Å². The quantitative estimate of drug-likeness (QED) is 0.333. The summed E-state index contributed by atoms with van der Waals surface area (Å²) in [4.78, 5) is 44.7. The molecule has 6 N–H and O–H groups in total. The molecule has 84 valence electrons. The molecule has 0 aromatic carbocycles. The van der Waals surface area contributed by atoms with E-state index in [1.807, 2.05) is 5.32 Å². The number of carbonyl (C=O) groups is 1. The maximum absolute atomic E-state index is 10.6. The van der Waals surface area contributed by atoms with Gasteiger partial charge < -0.3 is 30.2 Å². The zero-order valence-electron chi connectivity index (χ0n) is 6.99. The van der Waals surface area contributed by atoms with Gasteiger partial charge in [-0.1, -0.05) is 0 Å². The fourth-order valence-corrected chi connectivity index (χ4v) is 2.69. The van der Waals surface area contributed by atoms with Crippen LogP contribution >= 0.6 is 15.2 Å². The molecular formula is C3H10N2O7P2. The lowest BCUT2D eigenvalue weighted by molar-refractivity contribution is 0.239. The van der Waals surface area contributed by atoms with Gasteiger partial charge in [-0.15, -0.1) is 0 Å². The summed E-state index contributed by atoms with van der Waals surface area (Å²) in [6, 6.07) is -1.10. The van der Waals surface area contributed by atoms with E-state index in [0.29, 0.717) is 0 Å². The molecule has 0 unspecified atom stereocenters. The molecule has 0 aliphatic heterocycles. The van der Waals surface area contributed by atoms with E-state index in [2.05, 4.69) is 0 Å². The highest BCUT2D eigenvalue weighted by atomic mass is 31.2. The van der Waals surface area contributed by atoms with E-state index in [1.54, 1.807) is 0 Å². The minimum atomic E-state index is -5.10. The Balaban J connectivity index is 4.87. The van der Waals surface area contributed by atoms with Crippen molar-refractivity contribution in [3.63, 3.8) is 0 Å². The maximum atomic E-state index is 10.6. The Morgan fingerprint density at radius 1 is 1.14 bits per heavy atom. The van der Waals surface area contributed by atoms with Crippen LogP contribution < -0.4 is 10.6 Å². The molecule has 0 saturated heterocycles. The first-order valence-electron chi connectivity index (χ1n) is 3.17. The van der Waals surface area contributed by atoms with Gasteiger partial charge in [0.2, 0.25) is 5.52 Å². The third kappa shape index (κ3) is 4.19. The van der Waals surface area contributed by atoms with Crippen molar-refractivity contribution >= 4 is 21.2 Å². The fourth-order valence-electron chi connectivity index (χ4n) is 0.554. The molecule has 0 aliphatic rings. The summed E-state index contributed by atoms with van der Waals surface area (Å²) in [7, 11) is -9.07. The minimum absolute atomic E-state index is 1.10. The summed E-state index contributed by atoms with van der Waals surface area (Å²) in [6.07, 6.45) is 0. The van der Waals surface area contributed by atoms with E-state index in [1.165, 1.54) is 5.32 Å². The molecule has 0 spiro atoms. The largest absolute Gasteiger partial charge is 0.360 e. The lowest BCUT2D eigenvalue weighted by Crippen LogP contribution is -2.40. The van der Waals surface area contributed by atoms with Gasteiger partial charge in [0, 0.05) is 7.05 Å². The van der Waals surface area contributed by atoms with Crippen LogP contribution in [0.15, 0.2) is 0 Å². The second-order valence-corrected chi connectivity index (χ2v) is 6.07. The zero-order chi connectivity index (χ0) is 11.6. The summed E-state index contributed by atoms with van der Waals surface area (Å²) in [6.45, 7) is 0. The third-order valence-electron chi connectivity index (χ3n) is 1.12. The van der Waals surface area contributed by atoms with Crippen molar-refractivity contribution in [2.75, 3.05) is 7.05 Å². The molecule has 0 radical (unpaired) electrons. The van der Waals surface area contributed by atoms with Crippen LogP contribution in [0.4, 0.5) is 4.79 Å². The Kier molecular flexibility index (Phi) is 4.26. The van der Waals surface area contributed by atoms with Gasteiger partial charge in [-0.25, -0.2) is 4.79 Å². The van der Waals surface area contributed by atoms with Gasteiger partial charge in [0.25, 0.3) is 0 Å². The normalized spacial score (nSPS) is 12.7. The van der Waals surface area contributed by atoms with Crippen LogP contribution in [0.25, 0.3) is 0 Å².